The van der Waals surface area contributed by atoms with E-state index in [1.807, 2.05) is 0 Å². The molecule has 0 atom stereocenters. The van der Waals surface area contributed by atoms with E-state index >= 15 is 0 Å². The molecule has 1 aromatic rings. The molecule has 0 saturated heterocycles. The molecule has 1 aromatic heterocycles. The molecule has 0 radical (unpaired) electrons. The molecule has 21 heavy (non-hydrogen) atoms. The fraction of sp³-hybridized carbons (Fsp3) is 0.462. The normalized spacial score (nSPS) is 13.5. The molecular weight excluding hydrogens is 312 g/mol. The second-order valence-corrected chi connectivity index (χ2v) is 6.78. The van der Waals surface area contributed by atoms with Crippen LogP contribution in [0.4, 0.5) is 5.00 Å². The van der Waals surface area contributed by atoms with Crippen molar-refractivity contribution in [3.63, 3.8) is 0 Å². The Morgan fingerprint density at radius 3 is 2.62 bits per heavy atom. The zero-order chi connectivity index (χ0) is 15.4. The van der Waals surface area contributed by atoms with Gasteiger partial charge in [0.2, 0.25) is 5.91 Å². The first-order valence-corrected chi connectivity index (χ1v) is 8.48. The molecule has 0 aliphatic heterocycles. The molecule has 0 spiro atoms. The van der Waals surface area contributed by atoms with Gasteiger partial charge in [0.25, 0.3) is 5.91 Å². The lowest BCUT2D eigenvalue weighted by molar-refractivity contribution is -0.301. The maximum Gasteiger partial charge on any atom is 0.251 e. The minimum atomic E-state index is -1.21. The van der Waals surface area contributed by atoms with Gasteiger partial charge in [0.1, 0.15) is 5.00 Å². The summed E-state index contributed by atoms with van der Waals surface area (Å²) in [6.45, 7) is 0. The molecule has 2 amide bonds. The van der Waals surface area contributed by atoms with Gasteiger partial charge in [-0.15, -0.1) is 23.1 Å². The number of hydrogen-bond donors (Lipinski definition) is 2. The number of thiophene rings is 1. The van der Waals surface area contributed by atoms with Crippen molar-refractivity contribution in [1.29, 1.82) is 0 Å². The topological polar surface area (TPSA) is 112 Å². The highest BCUT2D eigenvalue weighted by Crippen LogP contribution is 2.37. The Bertz CT molecular complexity index is 583. The summed E-state index contributed by atoms with van der Waals surface area (Å²) < 4.78 is 0. The van der Waals surface area contributed by atoms with Gasteiger partial charge in [-0.2, -0.15) is 0 Å². The number of aryl methyl sites for hydroxylation is 1. The van der Waals surface area contributed by atoms with E-state index in [1.165, 1.54) is 11.3 Å². The molecule has 0 unspecified atom stereocenters. The van der Waals surface area contributed by atoms with Crippen molar-refractivity contribution in [3.8, 4) is 0 Å². The molecule has 0 bridgehead atoms. The number of fused-ring (bicyclic) bond motifs is 1. The van der Waals surface area contributed by atoms with Gasteiger partial charge in [-0.25, -0.2) is 0 Å². The number of carboxylic acids is 1. The highest BCUT2D eigenvalue weighted by molar-refractivity contribution is 8.00. The van der Waals surface area contributed by atoms with Gasteiger partial charge < -0.3 is 21.0 Å². The quantitative estimate of drug-likeness (QED) is 0.772. The third kappa shape index (κ3) is 3.98. The average Bonchev–Trinajstić information content (AvgIpc) is 2.75. The van der Waals surface area contributed by atoms with Crippen molar-refractivity contribution in [2.75, 3.05) is 16.8 Å². The zero-order valence-electron chi connectivity index (χ0n) is 11.3. The van der Waals surface area contributed by atoms with Crippen LogP contribution in [0.25, 0.3) is 0 Å². The predicted octanol–water partition coefficient (Wildman–Crippen LogP) is 0.147. The molecule has 1 aliphatic carbocycles. The highest BCUT2D eigenvalue weighted by Gasteiger charge is 2.24. The lowest BCUT2D eigenvalue weighted by Crippen LogP contribution is -2.25. The van der Waals surface area contributed by atoms with E-state index in [0.29, 0.717) is 10.6 Å². The lowest BCUT2D eigenvalue weighted by Gasteiger charge is -2.11. The number of carbonyl (C=O) groups excluding carboxylic acids is 3. The van der Waals surface area contributed by atoms with Gasteiger partial charge in [-0.1, -0.05) is 0 Å². The highest BCUT2D eigenvalue weighted by atomic mass is 32.2. The van der Waals surface area contributed by atoms with Gasteiger partial charge in [0.05, 0.1) is 17.3 Å². The first-order valence-electron chi connectivity index (χ1n) is 6.50. The first-order chi connectivity index (χ1) is 9.99. The van der Waals surface area contributed by atoms with Crippen LogP contribution in [-0.2, 0) is 22.4 Å². The summed E-state index contributed by atoms with van der Waals surface area (Å²) in [4.78, 5) is 34.8. The number of nitrogens with one attached hydrogen (secondary N) is 1. The number of aliphatic carboxylic acids is 1. The summed E-state index contributed by atoms with van der Waals surface area (Å²) in [5.74, 6) is -2.34. The van der Waals surface area contributed by atoms with Crippen LogP contribution >= 0.6 is 23.1 Å². The van der Waals surface area contributed by atoms with Gasteiger partial charge >= 0.3 is 0 Å². The van der Waals surface area contributed by atoms with E-state index in [1.54, 1.807) is 0 Å². The van der Waals surface area contributed by atoms with Crippen molar-refractivity contribution in [2.45, 2.75) is 25.7 Å². The average molecular weight is 327 g/mol. The van der Waals surface area contributed by atoms with Crippen LogP contribution in [0.15, 0.2) is 0 Å². The number of amides is 2. The standard InChI is InChI=1S/C13H16N2O4S2/c14-12(19)11-7-3-1-2-4-8(7)21-13(11)15-9(16)5-20-6-10(17)18/h1-6H2,(H2,14,19)(H,15,16)(H,17,18)/p-1. The molecule has 114 valence electrons. The van der Waals surface area contributed by atoms with Crippen molar-refractivity contribution in [2.24, 2.45) is 5.73 Å². The van der Waals surface area contributed by atoms with Gasteiger partial charge in [0, 0.05) is 10.6 Å². The number of thioether (sulfide) groups is 1. The second-order valence-electron chi connectivity index (χ2n) is 4.69. The molecular formula is C13H15N2O4S2-. The minimum Gasteiger partial charge on any atom is -0.549 e. The minimum absolute atomic E-state index is 0.00521. The van der Waals surface area contributed by atoms with E-state index in [4.69, 9.17) is 5.73 Å². The van der Waals surface area contributed by atoms with Crippen molar-refractivity contribution >= 4 is 45.9 Å². The van der Waals surface area contributed by atoms with Gasteiger partial charge in [-0.3, -0.25) is 9.59 Å². The zero-order valence-corrected chi connectivity index (χ0v) is 12.9. The van der Waals surface area contributed by atoms with Crippen molar-refractivity contribution < 1.29 is 19.5 Å². The number of primary amides is 1. The van der Waals surface area contributed by atoms with E-state index in [2.05, 4.69) is 5.32 Å². The largest absolute Gasteiger partial charge is 0.549 e. The summed E-state index contributed by atoms with van der Waals surface area (Å²) in [6.07, 6.45) is 3.79. The monoisotopic (exact) mass is 327 g/mol. The van der Waals surface area contributed by atoms with Crippen LogP contribution in [0, 0.1) is 0 Å². The van der Waals surface area contributed by atoms with E-state index in [-0.39, 0.29) is 17.4 Å². The SMILES string of the molecule is NC(=O)c1c(NC(=O)CSCC(=O)[O-])sc2c1CCCC2. The van der Waals surface area contributed by atoms with Crippen LogP contribution < -0.4 is 16.2 Å². The summed E-state index contributed by atoms with van der Waals surface area (Å²) in [5.41, 5.74) is 6.79. The maximum atomic E-state index is 11.8. The van der Waals surface area contributed by atoms with E-state index < -0.39 is 11.9 Å². The molecule has 6 nitrogen and oxygen atoms in total. The van der Waals surface area contributed by atoms with Crippen LogP contribution in [0.3, 0.4) is 0 Å². The number of anilines is 1. The third-order valence-corrected chi connectivity index (χ3v) is 5.24. The Balaban J connectivity index is 2.09. The Hall–Kier alpha value is -1.54. The van der Waals surface area contributed by atoms with Crippen molar-refractivity contribution in [3.05, 3.63) is 16.0 Å². The Kier molecular flexibility index (Phi) is 5.24. The van der Waals surface area contributed by atoms with Crippen LogP contribution in [-0.4, -0.2) is 29.3 Å². The fourth-order valence-corrected chi connectivity index (χ4v) is 4.14. The van der Waals surface area contributed by atoms with Crippen LogP contribution in [0.2, 0.25) is 0 Å². The van der Waals surface area contributed by atoms with Gasteiger partial charge in [-0.05, 0) is 31.2 Å². The Morgan fingerprint density at radius 2 is 1.95 bits per heavy atom. The van der Waals surface area contributed by atoms with Crippen LogP contribution in [0.5, 0.6) is 0 Å². The van der Waals surface area contributed by atoms with E-state index in [0.717, 1.165) is 47.9 Å². The molecule has 1 heterocycles. The lowest BCUT2D eigenvalue weighted by atomic mass is 9.95. The number of rotatable bonds is 6. The molecule has 3 N–H and O–H groups in total. The molecule has 2 rings (SSSR count). The van der Waals surface area contributed by atoms with Crippen LogP contribution in [0.1, 0.15) is 33.6 Å². The molecule has 8 heteroatoms. The van der Waals surface area contributed by atoms with E-state index in [9.17, 15) is 19.5 Å². The first kappa shape index (κ1) is 15.8. The number of nitrogens with two attached hydrogens (primary N) is 1. The summed E-state index contributed by atoms with van der Waals surface area (Å²) in [7, 11) is 0. The molecule has 0 saturated carbocycles. The molecule has 0 fully saturated rings. The summed E-state index contributed by atoms with van der Waals surface area (Å²) in [5, 5.41) is 13.4. The van der Waals surface area contributed by atoms with Gasteiger partial charge in [0.15, 0.2) is 0 Å². The smallest absolute Gasteiger partial charge is 0.251 e. The Labute approximate surface area is 130 Å². The third-order valence-electron chi connectivity index (χ3n) is 3.12. The number of carbonyl (C=O) groups is 3. The maximum absolute atomic E-state index is 11.8. The predicted molar refractivity (Wildman–Crippen MR) is 80.4 cm³/mol. The number of hydrogen-bond acceptors (Lipinski definition) is 6. The molecule has 0 aromatic carbocycles. The summed E-state index contributed by atoms with van der Waals surface area (Å²) >= 11 is 2.34. The fourth-order valence-electron chi connectivity index (χ4n) is 2.30. The summed E-state index contributed by atoms with van der Waals surface area (Å²) in [6, 6.07) is 0. The van der Waals surface area contributed by atoms with Crippen molar-refractivity contribution in [1.82, 2.24) is 0 Å². The second kappa shape index (κ2) is 6.95. The molecule has 1 aliphatic rings. The Morgan fingerprint density at radius 1 is 1.24 bits per heavy atom. The number of carboxylic acid groups (broad SMARTS) is 1.